The second kappa shape index (κ2) is 6.02. The summed E-state index contributed by atoms with van der Waals surface area (Å²) in [6.07, 6.45) is 0.461. The van der Waals surface area contributed by atoms with Crippen LogP contribution in [-0.4, -0.2) is 31.1 Å². The Morgan fingerprint density at radius 3 is 2.94 bits per heavy atom. The van der Waals surface area contributed by atoms with Gasteiger partial charge in [-0.15, -0.1) is 0 Å². The molecule has 0 spiro atoms. The third kappa shape index (κ3) is 3.46. The van der Waals surface area contributed by atoms with Gasteiger partial charge in [-0.2, -0.15) is 0 Å². The van der Waals surface area contributed by atoms with Crippen LogP contribution < -0.4 is 15.5 Å². The summed E-state index contributed by atoms with van der Waals surface area (Å²) in [6, 6.07) is 8.46. The van der Waals surface area contributed by atoms with Gasteiger partial charge in [0.05, 0.1) is 6.61 Å². The molecule has 6 heteroatoms. The number of para-hydroxylation sites is 1. The van der Waals surface area contributed by atoms with Gasteiger partial charge >= 0.3 is 0 Å². The van der Waals surface area contributed by atoms with Crippen LogP contribution in [0.4, 0.5) is 0 Å². The third-order valence-electron chi connectivity index (χ3n) is 2.45. The van der Waals surface area contributed by atoms with Crippen molar-refractivity contribution < 1.29 is 19.2 Å². The highest BCUT2D eigenvalue weighted by molar-refractivity contribution is 5.87. The van der Waals surface area contributed by atoms with Gasteiger partial charge in [0, 0.05) is 6.42 Å². The first-order valence-corrected chi connectivity index (χ1v) is 5.64. The van der Waals surface area contributed by atoms with E-state index in [4.69, 9.17) is 9.57 Å². The molecule has 0 saturated carbocycles. The summed E-state index contributed by atoms with van der Waals surface area (Å²) in [7, 11) is 0. The Balaban J connectivity index is 1.76. The molecule has 1 aromatic rings. The largest absolute Gasteiger partial charge is 0.484 e. The molecule has 96 valence electrons. The minimum atomic E-state index is -0.550. The Hall–Kier alpha value is -2.08. The van der Waals surface area contributed by atoms with E-state index in [0.717, 1.165) is 0 Å². The van der Waals surface area contributed by atoms with E-state index < -0.39 is 6.04 Å². The zero-order valence-electron chi connectivity index (χ0n) is 9.72. The van der Waals surface area contributed by atoms with Crippen LogP contribution in [0.3, 0.4) is 0 Å². The maximum absolute atomic E-state index is 11.6. The summed E-state index contributed by atoms with van der Waals surface area (Å²) >= 11 is 0. The molecule has 1 aromatic carbocycles. The first-order chi connectivity index (χ1) is 8.75. The van der Waals surface area contributed by atoms with E-state index in [0.29, 0.717) is 18.8 Å². The fraction of sp³-hybridized carbons (Fsp3) is 0.333. The molecule has 2 amide bonds. The number of carbonyl (C=O) groups is 2. The molecule has 2 N–H and O–H groups in total. The van der Waals surface area contributed by atoms with Crippen molar-refractivity contribution in [2.45, 2.75) is 12.5 Å². The van der Waals surface area contributed by atoms with Gasteiger partial charge in [0.2, 0.25) is 0 Å². The van der Waals surface area contributed by atoms with E-state index in [-0.39, 0.29) is 18.4 Å². The number of hydrogen-bond donors (Lipinski definition) is 2. The molecule has 1 atom stereocenters. The van der Waals surface area contributed by atoms with Gasteiger partial charge in [0.1, 0.15) is 11.8 Å². The Morgan fingerprint density at radius 1 is 1.44 bits per heavy atom. The average molecular weight is 250 g/mol. The number of ether oxygens (including phenoxy) is 1. The molecule has 0 bridgehead atoms. The van der Waals surface area contributed by atoms with Crippen LogP contribution in [0, 0.1) is 0 Å². The highest BCUT2D eigenvalue weighted by Crippen LogP contribution is 2.07. The van der Waals surface area contributed by atoms with E-state index in [2.05, 4.69) is 10.8 Å². The van der Waals surface area contributed by atoms with E-state index in [1.165, 1.54) is 0 Å². The molecule has 1 heterocycles. The van der Waals surface area contributed by atoms with Crippen molar-refractivity contribution in [2.24, 2.45) is 0 Å². The van der Waals surface area contributed by atoms with Gasteiger partial charge in [0.15, 0.2) is 6.61 Å². The van der Waals surface area contributed by atoms with E-state index in [1.54, 1.807) is 12.1 Å². The van der Waals surface area contributed by atoms with Crippen molar-refractivity contribution in [3.63, 3.8) is 0 Å². The molecule has 18 heavy (non-hydrogen) atoms. The predicted octanol–water partition coefficient (Wildman–Crippen LogP) is 0.00170. The number of hydroxylamine groups is 1. The monoisotopic (exact) mass is 250 g/mol. The lowest BCUT2D eigenvalue weighted by molar-refractivity contribution is -0.145. The lowest BCUT2D eigenvalue weighted by atomic mass is 10.2. The average Bonchev–Trinajstić information content (AvgIpc) is 2.40. The first-order valence-electron chi connectivity index (χ1n) is 5.64. The lowest BCUT2D eigenvalue weighted by Crippen LogP contribution is -2.51. The Bertz CT molecular complexity index is 421. The maximum Gasteiger partial charge on any atom is 0.266 e. The van der Waals surface area contributed by atoms with Gasteiger partial charge in [-0.25, -0.2) is 5.48 Å². The van der Waals surface area contributed by atoms with Gasteiger partial charge in [-0.05, 0) is 12.1 Å². The highest BCUT2D eigenvalue weighted by atomic mass is 16.7. The second-order valence-corrected chi connectivity index (χ2v) is 3.83. The summed E-state index contributed by atoms with van der Waals surface area (Å²) in [5.41, 5.74) is 2.22. The van der Waals surface area contributed by atoms with Crippen molar-refractivity contribution in [1.82, 2.24) is 10.8 Å². The third-order valence-corrected chi connectivity index (χ3v) is 2.45. The standard InChI is InChI=1S/C12H14N2O4/c15-11(8-17-9-4-2-1-3-5-9)13-10-6-7-18-14-12(10)16/h1-5,10H,6-8H2,(H,13,15)(H,14,16). The number of rotatable bonds is 4. The Labute approximate surface area is 104 Å². The molecular weight excluding hydrogens is 236 g/mol. The number of hydrogen-bond acceptors (Lipinski definition) is 4. The smallest absolute Gasteiger partial charge is 0.266 e. The minimum absolute atomic E-state index is 0.116. The van der Waals surface area contributed by atoms with Crippen LogP contribution in [0.25, 0.3) is 0 Å². The van der Waals surface area contributed by atoms with Crippen LogP contribution in [-0.2, 0) is 14.4 Å². The van der Waals surface area contributed by atoms with Crippen molar-refractivity contribution >= 4 is 11.8 Å². The van der Waals surface area contributed by atoms with E-state index >= 15 is 0 Å². The highest BCUT2D eigenvalue weighted by Gasteiger charge is 2.24. The van der Waals surface area contributed by atoms with Gasteiger partial charge in [0.25, 0.3) is 11.8 Å². The quantitative estimate of drug-likeness (QED) is 0.788. The van der Waals surface area contributed by atoms with Crippen molar-refractivity contribution in [2.75, 3.05) is 13.2 Å². The normalized spacial score (nSPS) is 18.9. The second-order valence-electron chi connectivity index (χ2n) is 3.83. The summed E-state index contributed by atoms with van der Waals surface area (Å²) in [6.45, 7) is 0.269. The van der Waals surface area contributed by atoms with Gasteiger partial charge in [-0.3, -0.25) is 14.4 Å². The molecule has 2 rings (SSSR count). The minimum Gasteiger partial charge on any atom is -0.484 e. The summed E-state index contributed by atoms with van der Waals surface area (Å²) in [5, 5.41) is 2.58. The van der Waals surface area contributed by atoms with E-state index in [9.17, 15) is 9.59 Å². The summed E-state index contributed by atoms with van der Waals surface area (Å²) < 4.78 is 5.27. The van der Waals surface area contributed by atoms with Crippen LogP contribution in [0.1, 0.15) is 6.42 Å². The molecule has 0 radical (unpaired) electrons. The molecule has 0 aliphatic carbocycles. The van der Waals surface area contributed by atoms with Crippen molar-refractivity contribution in [3.8, 4) is 5.75 Å². The topological polar surface area (TPSA) is 76.7 Å². The molecule has 1 aliphatic heterocycles. The fourth-order valence-corrected chi connectivity index (χ4v) is 1.54. The zero-order valence-corrected chi connectivity index (χ0v) is 9.72. The van der Waals surface area contributed by atoms with Gasteiger partial charge in [-0.1, -0.05) is 18.2 Å². The molecule has 1 saturated heterocycles. The molecule has 1 fully saturated rings. The van der Waals surface area contributed by atoms with Gasteiger partial charge < -0.3 is 10.1 Å². The SMILES string of the molecule is O=C(COc1ccccc1)NC1CCONC1=O. The van der Waals surface area contributed by atoms with Crippen LogP contribution >= 0.6 is 0 Å². The van der Waals surface area contributed by atoms with E-state index in [1.807, 2.05) is 18.2 Å². The van der Waals surface area contributed by atoms with Crippen molar-refractivity contribution in [1.29, 1.82) is 0 Å². The number of carbonyl (C=O) groups excluding carboxylic acids is 2. The molecule has 0 aromatic heterocycles. The molecular formula is C12H14N2O4. The van der Waals surface area contributed by atoms with Crippen LogP contribution in [0.15, 0.2) is 30.3 Å². The van der Waals surface area contributed by atoms with Crippen LogP contribution in [0.2, 0.25) is 0 Å². The number of amides is 2. The fourth-order valence-electron chi connectivity index (χ4n) is 1.54. The Morgan fingerprint density at radius 2 is 2.22 bits per heavy atom. The predicted molar refractivity (Wildman–Crippen MR) is 62.6 cm³/mol. The van der Waals surface area contributed by atoms with Crippen molar-refractivity contribution in [3.05, 3.63) is 30.3 Å². The summed E-state index contributed by atoms with van der Waals surface area (Å²) in [5.74, 6) is -0.0562. The number of nitrogens with one attached hydrogen (secondary N) is 2. The molecule has 1 aliphatic rings. The zero-order chi connectivity index (χ0) is 12.8. The molecule has 6 nitrogen and oxygen atoms in total. The molecule has 1 unspecified atom stereocenters. The first kappa shape index (κ1) is 12.4. The summed E-state index contributed by atoms with van der Waals surface area (Å²) in [4.78, 5) is 27.6. The maximum atomic E-state index is 11.6. The number of benzene rings is 1. The Kier molecular flexibility index (Phi) is 4.14. The van der Waals surface area contributed by atoms with Crippen LogP contribution in [0.5, 0.6) is 5.75 Å². The lowest BCUT2D eigenvalue weighted by Gasteiger charge is -2.22.